The van der Waals surface area contributed by atoms with Crippen LogP contribution in [-0.2, 0) is 5.33 Å². The van der Waals surface area contributed by atoms with E-state index >= 15 is 0 Å². The maximum absolute atomic E-state index is 12.4. The van der Waals surface area contributed by atoms with Gasteiger partial charge in [0, 0.05) is 15.4 Å². The van der Waals surface area contributed by atoms with Crippen molar-refractivity contribution in [3.63, 3.8) is 0 Å². The zero-order valence-corrected chi connectivity index (χ0v) is 9.20. The lowest BCUT2D eigenvalue weighted by molar-refractivity contribution is 0.150. The van der Waals surface area contributed by atoms with Crippen LogP contribution >= 0.6 is 31.9 Å². The van der Waals surface area contributed by atoms with Gasteiger partial charge in [0.25, 0.3) is 6.43 Å². The molecular formula is C8H6Br2F2. The molecule has 0 amide bonds. The summed E-state index contributed by atoms with van der Waals surface area (Å²) in [6.07, 6.45) is -2.41. The van der Waals surface area contributed by atoms with Gasteiger partial charge < -0.3 is 0 Å². The first-order valence-corrected chi connectivity index (χ1v) is 5.19. The summed E-state index contributed by atoms with van der Waals surface area (Å²) in [6, 6.07) is 4.80. The first-order chi connectivity index (χ1) is 5.66. The molecule has 0 spiro atoms. The van der Waals surface area contributed by atoms with Crippen LogP contribution in [0.5, 0.6) is 0 Å². The van der Waals surface area contributed by atoms with Gasteiger partial charge in [-0.25, -0.2) is 8.78 Å². The lowest BCUT2D eigenvalue weighted by atomic mass is 10.1. The molecule has 1 aromatic rings. The minimum absolute atomic E-state index is 0.0845. The summed E-state index contributed by atoms with van der Waals surface area (Å²) >= 11 is 6.38. The molecule has 0 atom stereocenters. The SMILES string of the molecule is FC(F)c1cccc(Br)c1CBr. The molecule has 12 heavy (non-hydrogen) atoms. The molecule has 0 radical (unpaired) electrons. The quantitative estimate of drug-likeness (QED) is 0.715. The van der Waals surface area contributed by atoms with Gasteiger partial charge in [-0.1, -0.05) is 44.0 Å². The first kappa shape index (κ1) is 10.1. The number of benzene rings is 1. The highest BCUT2D eigenvalue weighted by Crippen LogP contribution is 2.29. The molecule has 0 fully saturated rings. The van der Waals surface area contributed by atoms with E-state index in [1.54, 1.807) is 12.1 Å². The summed E-state index contributed by atoms with van der Waals surface area (Å²) in [6.45, 7) is 0. The topological polar surface area (TPSA) is 0 Å². The van der Waals surface area contributed by atoms with Crippen molar-refractivity contribution in [3.05, 3.63) is 33.8 Å². The standard InChI is InChI=1S/C8H6Br2F2/c9-4-6-5(8(11)12)2-1-3-7(6)10/h1-3,8H,4H2. The van der Waals surface area contributed by atoms with Gasteiger partial charge in [0.05, 0.1) is 0 Å². The average Bonchev–Trinajstić information content (AvgIpc) is 2.03. The third kappa shape index (κ3) is 2.04. The third-order valence-electron chi connectivity index (χ3n) is 1.52. The minimum atomic E-state index is -2.41. The number of hydrogen-bond acceptors (Lipinski definition) is 0. The van der Waals surface area contributed by atoms with Gasteiger partial charge >= 0.3 is 0 Å². The van der Waals surface area contributed by atoms with Crippen LogP contribution in [-0.4, -0.2) is 0 Å². The van der Waals surface area contributed by atoms with Crippen molar-refractivity contribution in [3.8, 4) is 0 Å². The summed E-state index contributed by atoms with van der Waals surface area (Å²) in [5, 5.41) is 0.439. The van der Waals surface area contributed by atoms with E-state index in [1.807, 2.05) is 0 Å². The molecule has 0 aliphatic carbocycles. The maximum Gasteiger partial charge on any atom is 0.264 e. The van der Waals surface area contributed by atoms with Crippen LogP contribution in [0.4, 0.5) is 8.78 Å². The smallest absolute Gasteiger partial charge is 0.205 e. The lowest BCUT2D eigenvalue weighted by Crippen LogP contribution is -1.92. The Balaban J connectivity index is 3.18. The summed E-state index contributed by atoms with van der Waals surface area (Å²) in [5.74, 6) is 0. The molecule has 0 aliphatic heterocycles. The van der Waals surface area contributed by atoms with Gasteiger partial charge in [0.2, 0.25) is 0 Å². The van der Waals surface area contributed by atoms with Crippen molar-refractivity contribution < 1.29 is 8.78 Å². The number of alkyl halides is 3. The average molecular weight is 300 g/mol. The van der Waals surface area contributed by atoms with E-state index in [0.717, 1.165) is 4.47 Å². The van der Waals surface area contributed by atoms with Crippen LogP contribution in [0.25, 0.3) is 0 Å². The van der Waals surface area contributed by atoms with Gasteiger partial charge in [0.1, 0.15) is 0 Å². The van der Waals surface area contributed by atoms with Crippen molar-refractivity contribution in [1.29, 1.82) is 0 Å². The summed E-state index contributed by atoms with van der Waals surface area (Å²) < 4.78 is 25.4. The second-order valence-corrected chi connectivity index (χ2v) is 3.66. The van der Waals surface area contributed by atoms with Gasteiger partial charge in [-0.15, -0.1) is 0 Å². The van der Waals surface area contributed by atoms with E-state index in [2.05, 4.69) is 31.9 Å². The third-order valence-corrected chi connectivity index (χ3v) is 2.83. The Morgan fingerprint density at radius 3 is 2.42 bits per heavy atom. The second-order valence-electron chi connectivity index (χ2n) is 2.24. The molecule has 0 aliphatic rings. The second kappa shape index (κ2) is 4.33. The van der Waals surface area contributed by atoms with E-state index in [0.29, 0.717) is 10.9 Å². The highest BCUT2D eigenvalue weighted by Gasteiger charge is 2.13. The van der Waals surface area contributed by atoms with Crippen LogP contribution < -0.4 is 0 Å². The van der Waals surface area contributed by atoms with Gasteiger partial charge in [-0.3, -0.25) is 0 Å². The molecule has 0 saturated carbocycles. The number of halogens is 4. The van der Waals surface area contributed by atoms with Gasteiger partial charge in [-0.05, 0) is 11.6 Å². The molecule has 4 heteroatoms. The fourth-order valence-corrected chi connectivity index (χ4v) is 2.44. The number of rotatable bonds is 2. The molecule has 1 aromatic carbocycles. The lowest BCUT2D eigenvalue weighted by Gasteiger charge is -2.07. The van der Waals surface area contributed by atoms with Crippen molar-refractivity contribution in [2.45, 2.75) is 11.8 Å². The summed E-state index contributed by atoms with van der Waals surface area (Å²) in [4.78, 5) is 0. The van der Waals surface area contributed by atoms with Crippen molar-refractivity contribution in [2.24, 2.45) is 0 Å². The van der Waals surface area contributed by atoms with Gasteiger partial charge in [0.15, 0.2) is 0 Å². The molecule has 66 valence electrons. The normalized spacial score (nSPS) is 10.8. The maximum atomic E-state index is 12.4. The molecule has 0 saturated heterocycles. The molecule has 0 bridgehead atoms. The van der Waals surface area contributed by atoms with Crippen LogP contribution in [0.2, 0.25) is 0 Å². The summed E-state index contributed by atoms with van der Waals surface area (Å²) in [5.41, 5.74) is 0.703. The van der Waals surface area contributed by atoms with Crippen molar-refractivity contribution >= 4 is 31.9 Å². The number of hydrogen-bond donors (Lipinski definition) is 0. The van der Waals surface area contributed by atoms with Crippen molar-refractivity contribution in [1.82, 2.24) is 0 Å². The molecule has 0 N–H and O–H groups in total. The van der Waals surface area contributed by atoms with Crippen molar-refractivity contribution in [2.75, 3.05) is 0 Å². The monoisotopic (exact) mass is 298 g/mol. The highest BCUT2D eigenvalue weighted by atomic mass is 79.9. The molecule has 0 nitrogen and oxygen atoms in total. The zero-order valence-electron chi connectivity index (χ0n) is 6.03. The van der Waals surface area contributed by atoms with Gasteiger partial charge in [-0.2, -0.15) is 0 Å². The molecular weight excluding hydrogens is 294 g/mol. The predicted octanol–water partition coefficient (Wildman–Crippen LogP) is 4.28. The zero-order chi connectivity index (χ0) is 9.14. The molecule has 0 aromatic heterocycles. The summed E-state index contributed by atoms with van der Waals surface area (Å²) in [7, 11) is 0. The molecule has 0 heterocycles. The van der Waals surface area contributed by atoms with Crippen LogP contribution in [0.15, 0.2) is 22.7 Å². The Kier molecular flexibility index (Phi) is 3.65. The molecule has 1 rings (SSSR count). The van der Waals surface area contributed by atoms with E-state index in [-0.39, 0.29) is 5.56 Å². The fourth-order valence-electron chi connectivity index (χ4n) is 0.921. The van der Waals surface area contributed by atoms with E-state index < -0.39 is 6.43 Å². The Morgan fingerprint density at radius 2 is 2.00 bits per heavy atom. The van der Waals surface area contributed by atoms with Crippen LogP contribution in [0.1, 0.15) is 17.6 Å². The molecule has 0 unspecified atom stereocenters. The largest absolute Gasteiger partial charge is 0.264 e. The highest BCUT2D eigenvalue weighted by molar-refractivity contribution is 9.10. The van der Waals surface area contributed by atoms with Crippen LogP contribution in [0.3, 0.4) is 0 Å². The Hall–Kier alpha value is 0.0400. The fraction of sp³-hybridized carbons (Fsp3) is 0.250. The Labute approximate surface area is 86.2 Å². The van der Waals surface area contributed by atoms with E-state index in [9.17, 15) is 8.78 Å². The minimum Gasteiger partial charge on any atom is -0.205 e. The van der Waals surface area contributed by atoms with Crippen LogP contribution in [0, 0.1) is 0 Å². The van der Waals surface area contributed by atoms with E-state index in [4.69, 9.17) is 0 Å². The Morgan fingerprint density at radius 1 is 1.33 bits per heavy atom. The Bertz CT molecular complexity index is 274. The van der Waals surface area contributed by atoms with E-state index in [1.165, 1.54) is 6.07 Å². The first-order valence-electron chi connectivity index (χ1n) is 3.28. The predicted molar refractivity (Wildman–Crippen MR) is 51.7 cm³/mol.